The van der Waals surface area contributed by atoms with E-state index in [2.05, 4.69) is 0 Å². The fourth-order valence-electron chi connectivity index (χ4n) is 3.80. The maximum Gasteiger partial charge on any atom is 0.162 e. The molecule has 2 aliphatic carbocycles. The number of hydrogen-bond donors (Lipinski definition) is 0. The van der Waals surface area contributed by atoms with Crippen LogP contribution in [0.15, 0.2) is 18.2 Å². The average molecular weight is 271 g/mol. The molecule has 3 heteroatoms. The highest BCUT2D eigenvalue weighted by molar-refractivity contribution is 6.21. The molecule has 0 nitrogen and oxygen atoms in total. The molecule has 98 valence electrons. The maximum atomic E-state index is 13.6. The molecule has 0 heterocycles. The molecule has 18 heavy (non-hydrogen) atoms. The summed E-state index contributed by atoms with van der Waals surface area (Å²) in [7, 11) is 0. The smallest absolute Gasteiger partial charge is 0.162 e. The number of rotatable bonds is 3. The lowest BCUT2D eigenvalue weighted by Gasteiger charge is -2.26. The van der Waals surface area contributed by atoms with E-state index in [4.69, 9.17) is 11.6 Å². The summed E-state index contributed by atoms with van der Waals surface area (Å²) >= 11 is 6.45. The molecule has 0 N–H and O–H groups in total. The van der Waals surface area contributed by atoms with Crippen LogP contribution < -0.4 is 0 Å². The Labute approximate surface area is 111 Å². The third kappa shape index (κ3) is 2.16. The molecule has 2 fully saturated rings. The second-order valence-corrected chi connectivity index (χ2v) is 6.33. The SMILES string of the molecule is Fc1cccc(CC(Cl)C2CC3CCC2C3)c1F. The number of fused-ring (bicyclic) bond motifs is 2. The highest BCUT2D eigenvalue weighted by atomic mass is 35.5. The summed E-state index contributed by atoms with van der Waals surface area (Å²) in [6.45, 7) is 0. The Kier molecular flexibility index (Phi) is 3.31. The van der Waals surface area contributed by atoms with Crippen molar-refractivity contribution in [3.63, 3.8) is 0 Å². The van der Waals surface area contributed by atoms with Crippen LogP contribution in [0.4, 0.5) is 8.78 Å². The molecular weight excluding hydrogens is 254 g/mol. The minimum atomic E-state index is -0.774. The van der Waals surface area contributed by atoms with Crippen molar-refractivity contribution in [1.82, 2.24) is 0 Å². The predicted octanol–water partition coefficient (Wildman–Crippen LogP) is 4.55. The second kappa shape index (κ2) is 4.80. The molecule has 3 rings (SSSR count). The molecule has 1 aromatic rings. The molecule has 0 radical (unpaired) electrons. The molecule has 1 aromatic carbocycles. The van der Waals surface area contributed by atoms with E-state index in [0.717, 1.165) is 12.0 Å². The van der Waals surface area contributed by atoms with E-state index in [1.54, 1.807) is 12.1 Å². The fourth-order valence-corrected chi connectivity index (χ4v) is 4.28. The summed E-state index contributed by atoms with van der Waals surface area (Å²) in [6.07, 6.45) is 5.51. The maximum absolute atomic E-state index is 13.6. The Balaban J connectivity index is 1.71. The molecule has 0 aromatic heterocycles. The van der Waals surface area contributed by atoms with Crippen molar-refractivity contribution >= 4 is 11.6 Å². The van der Waals surface area contributed by atoms with Gasteiger partial charge in [0, 0.05) is 5.38 Å². The van der Waals surface area contributed by atoms with E-state index < -0.39 is 11.6 Å². The molecule has 0 aliphatic heterocycles. The van der Waals surface area contributed by atoms with Gasteiger partial charge in [-0.1, -0.05) is 18.6 Å². The van der Waals surface area contributed by atoms with Crippen LogP contribution in [-0.4, -0.2) is 5.38 Å². The Morgan fingerprint density at radius 2 is 2.06 bits per heavy atom. The highest BCUT2D eigenvalue weighted by Crippen LogP contribution is 2.51. The third-order valence-corrected chi connectivity index (χ3v) is 5.18. The van der Waals surface area contributed by atoms with Gasteiger partial charge in [0.25, 0.3) is 0 Å². The normalized spacial score (nSPS) is 31.8. The fraction of sp³-hybridized carbons (Fsp3) is 0.600. The first-order valence-corrected chi connectivity index (χ1v) is 7.15. The quantitative estimate of drug-likeness (QED) is 0.707. The van der Waals surface area contributed by atoms with Gasteiger partial charge >= 0.3 is 0 Å². The van der Waals surface area contributed by atoms with Gasteiger partial charge in [-0.2, -0.15) is 0 Å². The van der Waals surface area contributed by atoms with E-state index in [0.29, 0.717) is 23.8 Å². The molecule has 0 saturated heterocycles. The molecule has 0 amide bonds. The Morgan fingerprint density at radius 3 is 2.72 bits per heavy atom. The number of hydrogen-bond acceptors (Lipinski definition) is 0. The molecule has 2 aliphatic rings. The summed E-state index contributed by atoms with van der Waals surface area (Å²) in [6, 6.07) is 4.35. The largest absolute Gasteiger partial charge is 0.204 e. The van der Waals surface area contributed by atoms with Crippen molar-refractivity contribution in [2.75, 3.05) is 0 Å². The zero-order valence-corrected chi connectivity index (χ0v) is 11.0. The summed E-state index contributed by atoms with van der Waals surface area (Å²) in [4.78, 5) is 0. The first-order valence-electron chi connectivity index (χ1n) is 6.72. The van der Waals surface area contributed by atoms with E-state index >= 15 is 0 Å². The van der Waals surface area contributed by atoms with Crippen LogP contribution in [-0.2, 0) is 6.42 Å². The van der Waals surface area contributed by atoms with Crippen LogP contribution in [0, 0.1) is 29.4 Å². The lowest BCUT2D eigenvalue weighted by molar-refractivity contribution is 0.318. The molecule has 4 unspecified atom stereocenters. The third-order valence-electron chi connectivity index (χ3n) is 4.70. The van der Waals surface area contributed by atoms with E-state index in [1.165, 1.54) is 25.7 Å². The highest BCUT2D eigenvalue weighted by Gasteiger charge is 2.42. The van der Waals surface area contributed by atoms with Gasteiger partial charge in [0.2, 0.25) is 0 Å². The predicted molar refractivity (Wildman–Crippen MR) is 68.6 cm³/mol. The minimum absolute atomic E-state index is 0.0587. The molecule has 0 spiro atoms. The topological polar surface area (TPSA) is 0 Å². The van der Waals surface area contributed by atoms with Crippen LogP contribution in [0.25, 0.3) is 0 Å². The number of halogens is 3. The van der Waals surface area contributed by atoms with E-state index in [9.17, 15) is 8.78 Å². The summed E-state index contributed by atoms with van der Waals surface area (Å²) < 4.78 is 26.7. The first kappa shape index (κ1) is 12.4. The lowest BCUT2D eigenvalue weighted by Crippen LogP contribution is -2.23. The standard InChI is InChI=1S/C15H17ClF2/c16-13(12-7-9-4-5-10(12)6-9)8-11-2-1-3-14(17)15(11)18/h1-3,9-10,12-13H,4-8H2. The van der Waals surface area contributed by atoms with E-state index in [1.807, 2.05) is 0 Å². The van der Waals surface area contributed by atoms with Gasteiger partial charge in [-0.15, -0.1) is 11.6 Å². The van der Waals surface area contributed by atoms with Crippen LogP contribution >= 0.6 is 11.6 Å². The van der Waals surface area contributed by atoms with Crippen molar-refractivity contribution in [2.45, 2.75) is 37.5 Å². The molecule has 2 saturated carbocycles. The summed E-state index contributed by atoms with van der Waals surface area (Å²) in [5.74, 6) is 0.538. The van der Waals surface area contributed by atoms with Gasteiger partial charge in [0.15, 0.2) is 11.6 Å². The van der Waals surface area contributed by atoms with Gasteiger partial charge in [0.05, 0.1) is 0 Å². The zero-order valence-electron chi connectivity index (χ0n) is 10.2. The van der Waals surface area contributed by atoms with Gasteiger partial charge in [-0.3, -0.25) is 0 Å². The van der Waals surface area contributed by atoms with Gasteiger partial charge in [0.1, 0.15) is 0 Å². The Morgan fingerprint density at radius 1 is 1.22 bits per heavy atom. The number of benzene rings is 1. The van der Waals surface area contributed by atoms with Crippen LogP contribution in [0.2, 0.25) is 0 Å². The molecule has 4 atom stereocenters. The molecule has 2 bridgehead atoms. The number of alkyl halides is 1. The van der Waals surface area contributed by atoms with Crippen molar-refractivity contribution in [1.29, 1.82) is 0 Å². The van der Waals surface area contributed by atoms with Crippen LogP contribution in [0.1, 0.15) is 31.2 Å². The monoisotopic (exact) mass is 270 g/mol. The molecular formula is C15H17ClF2. The van der Waals surface area contributed by atoms with Crippen molar-refractivity contribution in [3.8, 4) is 0 Å². The average Bonchev–Trinajstić information content (AvgIpc) is 2.97. The second-order valence-electron chi connectivity index (χ2n) is 5.77. The van der Waals surface area contributed by atoms with Gasteiger partial charge in [-0.05, 0) is 55.1 Å². The van der Waals surface area contributed by atoms with Gasteiger partial charge in [-0.25, -0.2) is 8.78 Å². The van der Waals surface area contributed by atoms with Crippen molar-refractivity contribution in [3.05, 3.63) is 35.4 Å². The van der Waals surface area contributed by atoms with Gasteiger partial charge < -0.3 is 0 Å². The Hall–Kier alpha value is -0.630. The van der Waals surface area contributed by atoms with Crippen LogP contribution in [0.3, 0.4) is 0 Å². The Bertz CT molecular complexity index is 446. The van der Waals surface area contributed by atoms with Crippen molar-refractivity contribution < 1.29 is 8.78 Å². The summed E-state index contributed by atoms with van der Waals surface area (Å²) in [5.41, 5.74) is 0.415. The first-order chi connectivity index (χ1) is 8.65. The van der Waals surface area contributed by atoms with Crippen LogP contribution in [0.5, 0.6) is 0 Å². The summed E-state index contributed by atoms with van der Waals surface area (Å²) in [5, 5.41) is -0.0587. The zero-order chi connectivity index (χ0) is 12.7. The van der Waals surface area contributed by atoms with Crippen molar-refractivity contribution in [2.24, 2.45) is 17.8 Å². The lowest BCUT2D eigenvalue weighted by atomic mass is 9.84. The van der Waals surface area contributed by atoms with E-state index in [-0.39, 0.29) is 5.38 Å². The minimum Gasteiger partial charge on any atom is -0.204 e.